The Morgan fingerprint density at radius 2 is 2.05 bits per heavy atom. The highest BCUT2D eigenvalue weighted by Crippen LogP contribution is 2.38. The second-order valence-electron chi connectivity index (χ2n) is 6.51. The van der Waals surface area contributed by atoms with Gasteiger partial charge < -0.3 is 14.4 Å². The van der Waals surface area contributed by atoms with Crippen molar-refractivity contribution >= 4 is 5.91 Å². The monoisotopic (exact) mass is 303 g/mol. The number of benzene rings is 1. The fourth-order valence-electron chi connectivity index (χ4n) is 3.24. The van der Waals surface area contributed by atoms with Gasteiger partial charge in [0.05, 0.1) is 18.8 Å². The van der Waals surface area contributed by atoms with Crippen LogP contribution < -0.4 is 0 Å². The minimum absolute atomic E-state index is 0.00209. The number of ether oxygens (including phenoxy) is 2. The van der Waals surface area contributed by atoms with Crippen molar-refractivity contribution in [1.82, 2.24) is 4.90 Å². The van der Waals surface area contributed by atoms with Crippen LogP contribution in [-0.2, 0) is 14.3 Å². The number of hydrogen-bond donors (Lipinski definition) is 0. The van der Waals surface area contributed by atoms with E-state index in [0.29, 0.717) is 12.5 Å². The summed E-state index contributed by atoms with van der Waals surface area (Å²) in [7, 11) is 0. The molecule has 1 aromatic carbocycles. The topological polar surface area (TPSA) is 42.1 Å². The maximum Gasteiger partial charge on any atom is 0.257 e. The molecule has 4 atom stereocenters. The lowest BCUT2D eigenvalue weighted by atomic mass is 10.0. The highest BCUT2D eigenvalue weighted by Gasteiger charge is 2.52. The molecular formula is C18H25NO3. The second kappa shape index (κ2) is 6.39. The van der Waals surface area contributed by atoms with Gasteiger partial charge in [-0.1, -0.05) is 57.5 Å². The van der Waals surface area contributed by atoms with Crippen LogP contribution in [0.15, 0.2) is 30.3 Å². The SMILES string of the molecule is CCC[C@H]1OC[C@@H](c2ccccc2)N1C(=O)[C@@H]1O[C@H]1C(C)C. The molecule has 0 aromatic heterocycles. The summed E-state index contributed by atoms with van der Waals surface area (Å²) in [6.45, 7) is 6.87. The highest BCUT2D eigenvalue weighted by molar-refractivity contribution is 5.84. The van der Waals surface area contributed by atoms with E-state index in [2.05, 4.69) is 32.9 Å². The third-order valence-corrected chi connectivity index (χ3v) is 4.49. The largest absolute Gasteiger partial charge is 0.359 e. The first kappa shape index (κ1) is 15.5. The second-order valence-corrected chi connectivity index (χ2v) is 6.51. The molecule has 0 spiro atoms. The minimum atomic E-state index is -0.285. The van der Waals surface area contributed by atoms with Crippen LogP contribution in [0.2, 0.25) is 0 Å². The Kier molecular flexibility index (Phi) is 4.50. The van der Waals surface area contributed by atoms with Crippen LogP contribution in [0.4, 0.5) is 0 Å². The van der Waals surface area contributed by atoms with Gasteiger partial charge in [-0.25, -0.2) is 0 Å². The van der Waals surface area contributed by atoms with Gasteiger partial charge in [-0.05, 0) is 17.9 Å². The molecule has 1 amide bonds. The molecule has 1 aromatic rings. The third kappa shape index (κ3) is 2.90. The van der Waals surface area contributed by atoms with Crippen molar-refractivity contribution in [1.29, 1.82) is 0 Å². The molecule has 2 fully saturated rings. The third-order valence-electron chi connectivity index (χ3n) is 4.49. The zero-order valence-electron chi connectivity index (χ0n) is 13.6. The predicted octanol–water partition coefficient (Wildman–Crippen LogP) is 3.14. The minimum Gasteiger partial charge on any atom is -0.359 e. The van der Waals surface area contributed by atoms with Gasteiger partial charge in [-0.2, -0.15) is 0 Å². The summed E-state index contributed by atoms with van der Waals surface area (Å²) in [5.41, 5.74) is 1.14. The van der Waals surface area contributed by atoms with Gasteiger partial charge in [-0.15, -0.1) is 0 Å². The Morgan fingerprint density at radius 3 is 2.64 bits per heavy atom. The summed E-state index contributed by atoms with van der Waals surface area (Å²) < 4.78 is 11.5. The molecule has 0 N–H and O–H groups in total. The van der Waals surface area contributed by atoms with Crippen molar-refractivity contribution in [3.8, 4) is 0 Å². The summed E-state index contributed by atoms with van der Waals surface area (Å²) in [5, 5.41) is 0. The molecule has 3 rings (SSSR count). The maximum atomic E-state index is 12.9. The maximum absolute atomic E-state index is 12.9. The lowest BCUT2D eigenvalue weighted by Gasteiger charge is -2.28. The van der Waals surface area contributed by atoms with Gasteiger partial charge in [0.2, 0.25) is 0 Å². The zero-order valence-corrected chi connectivity index (χ0v) is 13.6. The van der Waals surface area contributed by atoms with E-state index in [-0.39, 0.29) is 30.4 Å². The first-order valence-electron chi connectivity index (χ1n) is 8.27. The Bertz CT molecular complexity index is 516. The Labute approximate surface area is 132 Å². The van der Waals surface area contributed by atoms with Crippen LogP contribution >= 0.6 is 0 Å². The fraction of sp³-hybridized carbons (Fsp3) is 0.611. The van der Waals surface area contributed by atoms with Gasteiger partial charge in [0, 0.05) is 0 Å². The quantitative estimate of drug-likeness (QED) is 0.785. The summed E-state index contributed by atoms with van der Waals surface area (Å²) >= 11 is 0. The standard InChI is InChI=1S/C18H25NO3/c1-4-8-15-19(18(20)17-16(22-17)12(2)3)14(11-21-15)13-9-6-5-7-10-13/h5-7,9-10,12,14-17H,4,8,11H2,1-3H3/t14-,15+,16-,17+/m0/s1. The number of nitrogens with zero attached hydrogens (tertiary/aromatic N) is 1. The average Bonchev–Trinajstić information content (AvgIpc) is 3.23. The summed E-state index contributed by atoms with van der Waals surface area (Å²) in [6.07, 6.45) is 1.52. The van der Waals surface area contributed by atoms with Crippen molar-refractivity contribution in [2.45, 2.75) is 58.1 Å². The summed E-state index contributed by atoms with van der Waals surface area (Å²) in [5.74, 6) is 0.459. The average molecular weight is 303 g/mol. The summed E-state index contributed by atoms with van der Waals surface area (Å²) in [4.78, 5) is 14.8. The van der Waals surface area contributed by atoms with Gasteiger partial charge in [0.15, 0.2) is 6.10 Å². The number of rotatable bonds is 5. The van der Waals surface area contributed by atoms with Gasteiger partial charge in [0.25, 0.3) is 5.91 Å². The summed E-state index contributed by atoms with van der Waals surface area (Å²) in [6, 6.07) is 10.1. The Hall–Kier alpha value is -1.39. The molecule has 4 heteroatoms. The van der Waals surface area contributed by atoms with Crippen molar-refractivity contribution in [2.75, 3.05) is 6.61 Å². The number of hydrogen-bond acceptors (Lipinski definition) is 3. The molecule has 0 bridgehead atoms. The molecule has 0 aliphatic carbocycles. The van der Waals surface area contributed by atoms with Crippen LogP contribution in [0.25, 0.3) is 0 Å². The van der Waals surface area contributed by atoms with E-state index in [9.17, 15) is 4.79 Å². The van der Waals surface area contributed by atoms with E-state index in [1.54, 1.807) is 0 Å². The number of carbonyl (C=O) groups excluding carboxylic acids is 1. The molecule has 0 unspecified atom stereocenters. The molecule has 4 nitrogen and oxygen atoms in total. The van der Waals surface area contributed by atoms with Crippen molar-refractivity contribution in [2.24, 2.45) is 5.92 Å². The lowest BCUT2D eigenvalue weighted by Crippen LogP contribution is -2.41. The van der Waals surface area contributed by atoms with Crippen LogP contribution in [0.1, 0.15) is 45.2 Å². The van der Waals surface area contributed by atoms with Crippen molar-refractivity contribution < 1.29 is 14.3 Å². The molecular weight excluding hydrogens is 278 g/mol. The van der Waals surface area contributed by atoms with E-state index >= 15 is 0 Å². The number of amides is 1. The molecule has 2 aliphatic heterocycles. The van der Waals surface area contributed by atoms with Crippen molar-refractivity contribution in [3.05, 3.63) is 35.9 Å². The van der Waals surface area contributed by atoms with E-state index in [1.807, 2.05) is 23.1 Å². The molecule has 2 saturated heterocycles. The first-order valence-corrected chi connectivity index (χ1v) is 8.27. The fourth-order valence-corrected chi connectivity index (χ4v) is 3.24. The van der Waals surface area contributed by atoms with Crippen LogP contribution in [0.5, 0.6) is 0 Å². The lowest BCUT2D eigenvalue weighted by molar-refractivity contribution is -0.139. The van der Waals surface area contributed by atoms with Gasteiger partial charge in [-0.3, -0.25) is 4.79 Å². The number of carbonyl (C=O) groups is 1. The van der Waals surface area contributed by atoms with E-state index < -0.39 is 0 Å². The van der Waals surface area contributed by atoms with Crippen LogP contribution in [0, 0.1) is 5.92 Å². The first-order chi connectivity index (χ1) is 10.6. The van der Waals surface area contributed by atoms with E-state index in [0.717, 1.165) is 18.4 Å². The van der Waals surface area contributed by atoms with Crippen LogP contribution in [-0.4, -0.2) is 35.8 Å². The molecule has 0 saturated carbocycles. The number of epoxide rings is 1. The van der Waals surface area contributed by atoms with Crippen LogP contribution in [0.3, 0.4) is 0 Å². The molecule has 22 heavy (non-hydrogen) atoms. The van der Waals surface area contributed by atoms with Crippen molar-refractivity contribution in [3.63, 3.8) is 0 Å². The van der Waals surface area contributed by atoms with E-state index in [1.165, 1.54) is 0 Å². The van der Waals surface area contributed by atoms with Gasteiger partial charge in [0.1, 0.15) is 6.23 Å². The molecule has 120 valence electrons. The molecule has 2 heterocycles. The normalized spacial score (nSPS) is 30.8. The Balaban J connectivity index is 1.80. The molecule has 2 aliphatic rings. The highest BCUT2D eigenvalue weighted by atomic mass is 16.6. The van der Waals surface area contributed by atoms with Gasteiger partial charge >= 0.3 is 0 Å². The van der Waals surface area contributed by atoms with E-state index in [4.69, 9.17) is 9.47 Å². The molecule has 0 radical (unpaired) electrons. The smallest absolute Gasteiger partial charge is 0.257 e. The Morgan fingerprint density at radius 1 is 1.32 bits per heavy atom. The zero-order chi connectivity index (χ0) is 15.7. The predicted molar refractivity (Wildman–Crippen MR) is 84.2 cm³/mol.